The number of nitrogens with zero attached hydrogens (tertiary/aromatic N) is 3. The number of morpholine rings is 1. The molecule has 1 aliphatic heterocycles. The Morgan fingerprint density at radius 2 is 2.33 bits per heavy atom. The summed E-state index contributed by atoms with van der Waals surface area (Å²) in [7, 11) is 0. The zero-order chi connectivity index (χ0) is 14.8. The maximum atomic E-state index is 11.3. The number of hydrogen-bond donors (Lipinski definition) is 1. The van der Waals surface area contributed by atoms with Crippen molar-refractivity contribution in [3.8, 4) is 0 Å². The Kier molecular flexibility index (Phi) is 4.17. The molecule has 2 fully saturated rings. The molecule has 1 unspecified atom stereocenters. The first-order chi connectivity index (χ1) is 10.2. The van der Waals surface area contributed by atoms with Gasteiger partial charge in [-0.15, -0.1) is 0 Å². The van der Waals surface area contributed by atoms with Gasteiger partial charge in [0.15, 0.2) is 5.82 Å². The largest absolute Gasteiger partial charge is 0.478 e. The minimum absolute atomic E-state index is 0.148. The van der Waals surface area contributed by atoms with Crippen LogP contribution in [0.1, 0.15) is 60.1 Å². The number of rotatable bonds is 5. The molecule has 1 aromatic heterocycles. The van der Waals surface area contributed by atoms with Gasteiger partial charge < -0.3 is 9.84 Å². The van der Waals surface area contributed by atoms with E-state index in [0.29, 0.717) is 18.1 Å². The van der Waals surface area contributed by atoms with Gasteiger partial charge in [0.1, 0.15) is 6.10 Å². The number of aromatic nitrogens is 2. The smallest absolute Gasteiger partial charge is 0.339 e. The molecule has 1 N–H and O–H groups in total. The number of hydrogen-bond acceptors (Lipinski definition) is 5. The molecule has 2 aliphatic rings. The molecule has 0 aromatic carbocycles. The maximum absolute atomic E-state index is 11.3. The molecule has 21 heavy (non-hydrogen) atoms. The zero-order valence-electron chi connectivity index (χ0n) is 12.3. The van der Waals surface area contributed by atoms with Gasteiger partial charge in [0.25, 0.3) is 0 Å². The van der Waals surface area contributed by atoms with Gasteiger partial charge in [-0.3, -0.25) is 4.90 Å². The van der Waals surface area contributed by atoms with Gasteiger partial charge in [-0.25, -0.2) is 14.8 Å². The zero-order valence-corrected chi connectivity index (χ0v) is 12.3. The average molecular weight is 291 g/mol. The van der Waals surface area contributed by atoms with E-state index in [9.17, 15) is 9.90 Å². The lowest BCUT2D eigenvalue weighted by Gasteiger charge is -2.32. The van der Waals surface area contributed by atoms with Crippen LogP contribution in [0.2, 0.25) is 0 Å². The highest BCUT2D eigenvalue weighted by molar-refractivity contribution is 5.88. The summed E-state index contributed by atoms with van der Waals surface area (Å²) >= 11 is 0. The third kappa shape index (κ3) is 3.22. The van der Waals surface area contributed by atoms with Gasteiger partial charge in [0.2, 0.25) is 0 Å². The Labute approximate surface area is 124 Å². The lowest BCUT2D eigenvalue weighted by atomic mass is 10.1. The molecule has 2 heterocycles. The summed E-state index contributed by atoms with van der Waals surface area (Å²) in [6.45, 7) is 5.60. The summed E-state index contributed by atoms with van der Waals surface area (Å²) in [4.78, 5) is 22.4. The topological polar surface area (TPSA) is 75.5 Å². The summed E-state index contributed by atoms with van der Waals surface area (Å²) in [6.07, 6.45) is 4.44. The van der Waals surface area contributed by atoms with Gasteiger partial charge in [-0.05, 0) is 25.8 Å². The predicted molar refractivity (Wildman–Crippen MR) is 76.4 cm³/mol. The Hall–Kier alpha value is -1.53. The first kappa shape index (κ1) is 14.4. The van der Waals surface area contributed by atoms with Crippen molar-refractivity contribution in [2.24, 2.45) is 0 Å². The van der Waals surface area contributed by atoms with Crippen molar-refractivity contribution in [1.82, 2.24) is 14.9 Å². The molecule has 1 aromatic rings. The molecule has 0 bridgehead atoms. The molecule has 1 aliphatic carbocycles. The van der Waals surface area contributed by atoms with Crippen LogP contribution < -0.4 is 0 Å². The minimum Gasteiger partial charge on any atom is -0.478 e. The first-order valence-electron chi connectivity index (χ1n) is 7.63. The Morgan fingerprint density at radius 3 is 3.00 bits per heavy atom. The molecular formula is C15H21N3O3. The first-order valence-corrected chi connectivity index (χ1v) is 7.63. The molecule has 0 radical (unpaired) electrons. The van der Waals surface area contributed by atoms with Gasteiger partial charge in [-0.1, -0.05) is 6.92 Å². The van der Waals surface area contributed by atoms with E-state index >= 15 is 0 Å². The fourth-order valence-corrected chi connectivity index (χ4v) is 2.78. The van der Waals surface area contributed by atoms with Crippen LogP contribution in [0.5, 0.6) is 0 Å². The summed E-state index contributed by atoms with van der Waals surface area (Å²) < 4.78 is 5.78. The van der Waals surface area contributed by atoms with E-state index in [2.05, 4.69) is 21.8 Å². The second kappa shape index (κ2) is 6.07. The molecule has 1 saturated carbocycles. The number of carboxylic acids is 1. The normalized spacial score (nSPS) is 23.2. The lowest BCUT2D eigenvalue weighted by Crippen LogP contribution is -2.39. The maximum Gasteiger partial charge on any atom is 0.339 e. The molecule has 1 saturated heterocycles. The molecule has 6 nitrogen and oxygen atoms in total. The van der Waals surface area contributed by atoms with Gasteiger partial charge in [0, 0.05) is 25.2 Å². The second-order valence-electron chi connectivity index (χ2n) is 5.77. The van der Waals surface area contributed by atoms with E-state index < -0.39 is 5.97 Å². The third-order valence-electron chi connectivity index (χ3n) is 4.01. The Morgan fingerprint density at radius 1 is 1.52 bits per heavy atom. The van der Waals surface area contributed by atoms with Crippen LogP contribution in [0.15, 0.2) is 6.20 Å². The van der Waals surface area contributed by atoms with E-state index in [-0.39, 0.29) is 17.6 Å². The van der Waals surface area contributed by atoms with Crippen LogP contribution in [-0.4, -0.2) is 52.2 Å². The predicted octanol–water partition coefficient (Wildman–Crippen LogP) is 1.84. The quantitative estimate of drug-likeness (QED) is 0.892. The molecule has 6 heteroatoms. The van der Waals surface area contributed by atoms with E-state index in [4.69, 9.17) is 4.74 Å². The van der Waals surface area contributed by atoms with E-state index in [1.165, 1.54) is 6.20 Å². The van der Waals surface area contributed by atoms with Crippen molar-refractivity contribution in [3.05, 3.63) is 23.3 Å². The van der Waals surface area contributed by atoms with Crippen molar-refractivity contribution in [2.75, 3.05) is 26.2 Å². The van der Waals surface area contributed by atoms with Crippen molar-refractivity contribution in [3.63, 3.8) is 0 Å². The highest BCUT2D eigenvalue weighted by Gasteiger charge is 2.32. The van der Waals surface area contributed by atoms with Gasteiger partial charge in [0.05, 0.1) is 17.9 Å². The van der Waals surface area contributed by atoms with Crippen LogP contribution in [-0.2, 0) is 4.74 Å². The van der Waals surface area contributed by atoms with Crippen molar-refractivity contribution < 1.29 is 14.6 Å². The number of ether oxygens (including phenoxy) is 1. The van der Waals surface area contributed by atoms with Crippen molar-refractivity contribution >= 4 is 5.97 Å². The Balaban J connectivity index is 1.81. The third-order valence-corrected chi connectivity index (χ3v) is 4.01. The molecule has 1 atom stereocenters. The van der Waals surface area contributed by atoms with Crippen molar-refractivity contribution in [1.29, 1.82) is 0 Å². The second-order valence-corrected chi connectivity index (χ2v) is 5.77. The highest BCUT2D eigenvalue weighted by Crippen LogP contribution is 2.40. The Bertz CT molecular complexity index is 529. The van der Waals surface area contributed by atoms with Crippen molar-refractivity contribution in [2.45, 2.75) is 38.2 Å². The van der Waals surface area contributed by atoms with E-state index in [1.807, 2.05) is 0 Å². The standard InChI is InChI=1S/C15H21N3O3/c1-2-5-18-6-7-21-12(9-18)14-16-8-11(15(19)20)13(17-14)10-3-4-10/h8,10,12H,2-7,9H2,1H3,(H,19,20). The van der Waals surface area contributed by atoms with Crippen LogP contribution in [0.4, 0.5) is 0 Å². The van der Waals surface area contributed by atoms with Crippen LogP contribution in [0, 0.1) is 0 Å². The summed E-state index contributed by atoms with van der Waals surface area (Å²) in [5.74, 6) is -0.0310. The summed E-state index contributed by atoms with van der Waals surface area (Å²) in [6, 6.07) is 0. The fraction of sp³-hybridized carbons (Fsp3) is 0.667. The monoisotopic (exact) mass is 291 g/mol. The van der Waals surface area contributed by atoms with E-state index in [1.54, 1.807) is 0 Å². The molecule has 114 valence electrons. The molecule has 0 spiro atoms. The van der Waals surface area contributed by atoms with Crippen LogP contribution in [0.3, 0.4) is 0 Å². The van der Waals surface area contributed by atoms with Gasteiger partial charge in [-0.2, -0.15) is 0 Å². The fourth-order valence-electron chi connectivity index (χ4n) is 2.78. The number of carboxylic acid groups (broad SMARTS) is 1. The number of carbonyl (C=O) groups is 1. The summed E-state index contributed by atoms with van der Waals surface area (Å²) in [5.41, 5.74) is 0.922. The highest BCUT2D eigenvalue weighted by atomic mass is 16.5. The van der Waals surface area contributed by atoms with Crippen LogP contribution >= 0.6 is 0 Å². The molecule has 0 amide bonds. The summed E-state index contributed by atoms with van der Waals surface area (Å²) in [5, 5.41) is 9.24. The SMILES string of the molecule is CCCN1CCOC(c2ncc(C(=O)O)c(C3CC3)n2)C1. The number of aromatic carboxylic acids is 1. The molecule has 3 rings (SSSR count). The lowest BCUT2D eigenvalue weighted by molar-refractivity contribution is -0.0343. The average Bonchev–Trinajstić information content (AvgIpc) is 3.32. The van der Waals surface area contributed by atoms with Gasteiger partial charge >= 0.3 is 5.97 Å². The van der Waals surface area contributed by atoms with Crippen LogP contribution in [0.25, 0.3) is 0 Å². The minimum atomic E-state index is -0.944. The van der Waals surface area contributed by atoms with E-state index in [0.717, 1.165) is 38.9 Å². The molecular weight excluding hydrogens is 270 g/mol.